The molecule has 1 aromatic heterocycles. The lowest BCUT2D eigenvalue weighted by atomic mass is 9.94. The first-order valence-electron chi connectivity index (χ1n) is 7.15. The third-order valence-corrected chi connectivity index (χ3v) is 4.12. The first kappa shape index (κ1) is 13.9. The van der Waals surface area contributed by atoms with Crippen LogP contribution in [-0.2, 0) is 10.2 Å². The number of nitrogens with one attached hydrogen (secondary N) is 1. The van der Waals surface area contributed by atoms with Crippen molar-refractivity contribution in [3.8, 4) is 0 Å². The summed E-state index contributed by atoms with van der Waals surface area (Å²) >= 11 is 0. The molecule has 21 heavy (non-hydrogen) atoms. The summed E-state index contributed by atoms with van der Waals surface area (Å²) in [5, 5.41) is 3.00. The summed E-state index contributed by atoms with van der Waals surface area (Å²) in [7, 11) is 0. The Balaban J connectivity index is 1.74. The summed E-state index contributed by atoms with van der Waals surface area (Å²) in [5.74, 6) is 1.27. The van der Waals surface area contributed by atoms with Gasteiger partial charge in [-0.05, 0) is 56.5 Å². The highest BCUT2D eigenvalue weighted by Crippen LogP contribution is 2.48. The number of carbonyl (C=O) groups excluding carboxylic acids is 1. The fraction of sp³-hybridized carbons (Fsp3) is 0.353. The number of rotatable bonds is 4. The van der Waals surface area contributed by atoms with Gasteiger partial charge in [-0.2, -0.15) is 0 Å². The summed E-state index contributed by atoms with van der Waals surface area (Å²) in [6.07, 6.45) is 1.60. The molecule has 1 N–H and O–H groups in total. The second kappa shape index (κ2) is 5.02. The number of aryl methyl sites for hydroxylation is 1. The minimum atomic E-state index is -0.496. The molecule has 2 aromatic rings. The van der Waals surface area contributed by atoms with Gasteiger partial charge in [0, 0.05) is 0 Å². The Hall–Kier alpha value is -2.10. The van der Waals surface area contributed by atoms with E-state index in [2.05, 4.69) is 5.32 Å². The van der Waals surface area contributed by atoms with E-state index >= 15 is 0 Å². The van der Waals surface area contributed by atoms with Gasteiger partial charge in [0.15, 0.2) is 0 Å². The van der Waals surface area contributed by atoms with Gasteiger partial charge in [0.1, 0.15) is 17.3 Å². The Morgan fingerprint density at radius 1 is 1.24 bits per heavy atom. The van der Waals surface area contributed by atoms with Crippen LogP contribution in [0.4, 0.5) is 4.39 Å². The van der Waals surface area contributed by atoms with Crippen LogP contribution in [-0.4, -0.2) is 5.91 Å². The number of hydrogen-bond acceptors (Lipinski definition) is 2. The maximum atomic E-state index is 13.0. The molecule has 3 nitrogen and oxygen atoms in total. The molecule has 1 aromatic carbocycles. The van der Waals surface area contributed by atoms with E-state index < -0.39 is 5.41 Å². The maximum absolute atomic E-state index is 13.0. The number of carbonyl (C=O) groups is 1. The minimum absolute atomic E-state index is 0.0179. The van der Waals surface area contributed by atoms with Gasteiger partial charge in [-0.25, -0.2) is 4.39 Å². The van der Waals surface area contributed by atoms with Gasteiger partial charge in [-0.3, -0.25) is 4.79 Å². The van der Waals surface area contributed by atoms with Gasteiger partial charge < -0.3 is 9.73 Å². The smallest absolute Gasteiger partial charge is 0.231 e. The highest BCUT2D eigenvalue weighted by atomic mass is 19.1. The molecule has 1 heterocycles. The van der Waals surface area contributed by atoms with Gasteiger partial charge in [-0.1, -0.05) is 12.1 Å². The number of hydrogen-bond donors (Lipinski definition) is 1. The lowest BCUT2D eigenvalue weighted by molar-refractivity contribution is -0.124. The zero-order chi connectivity index (χ0) is 15.0. The fourth-order valence-electron chi connectivity index (χ4n) is 2.63. The van der Waals surface area contributed by atoms with Crippen molar-refractivity contribution in [1.29, 1.82) is 0 Å². The van der Waals surface area contributed by atoms with Crippen molar-refractivity contribution >= 4 is 5.91 Å². The standard InChI is InChI=1S/C17H18FNO2/c1-11-3-8-15(21-11)12(2)19-16(20)17(9-10-17)13-4-6-14(18)7-5-13/h3-8,12H,9-10H2,1-2H3,(H,19,20). The van der Waals surface area contributed by atoms with Crippen LogP contribution in [0, 0.1) is 12.7 Å². The molecule has 1 fully saturated rings. The van der Waals surface area contributed by atoms with E-state index in [1.54, 1.807) is 12.1 Å². The first-order valence-corrected chi connectivity index (χ1v) is 7.15. The van der Waals surface area contributed by atoms with E-state index in [0.717, 1.165) is 29.9 Å². The lowest BCUT2D eigenvalue weighted by Crippen LogP contribution is -2.36. The molecule has 110 valence electrons. The lowest BCUT2D eigenvalue weighted by Gasteiger charge is -2.19. The van der Waals surface area contributed by atoms with Crippen molar-refractivity contribution in [2.75, 3.05) is 0 Å². The van der Waals surface area contributed by atoms with E-state index in [0.29, 0.717) is 0 Å². The molecule has 4 heteroatoms. The van der Waals surface area contributed by atoms with Gasteiger partial charge in [0.2, 0.25) is 5.91 Å². The molecule has 0 saturated heterocycles. The molecule has 0 bridgehead atoms. The van der Waals surface area contributed by atoms with Crippen molar-refractivity contribution < 1.29 is 13.6 Å². The maximum Gasteiger partial charge on any atom is 0.231 e. The Labute approximate surface area is 123 Å². The highest BCUT2D eigenvalue weighted by Gasteiger charge is 2.51. The van der Waals surface area contributed by atoms with Crippen LogP contribution >= 0.6 is 0 Å². The van der Waals surface area contributed by atoms with Crippen molar-refractivity contribution in [1.82, 2.24) is 5.32 Å². The largest absolute Gasteiger partial charge is 0.464 e. The van der Waals surface area contributed by atoms with Gasteiger partial charge in [0.05, 0.1) is 11.5 Å². The second-order valence-electron chi connectivity index (χ2n) is 5.73. The zero-order valence-corrected chi connectivity index (χ0v) is 12.2. The quantitative estimate of drug-likeness (QED) is 0.933. The summed E-state index contributed by atoms with van der Waals surface area (Å²) in [5.41, 5.74) is 0.382. The number of amides is 1. The van der Waals surface area contributed by atoms with E-state index in [-0.39, 0.29) is 17.8 Å². The third kappa shape index (κ3) is 2.58. The van der Waals surface area contributed by atoms with Gasteiger partial charge in [0.25, 0.3) is 0 Å². The Kier molecular flexibility index (Phi) is 3.32. The van der Waals surface area contributed by atoms with Crippen LogP contribution in [0.25, 0.3) is 0 Å². The molecule has 0 radical (unpaired) electrons. The average molecular weight is 287 g/mol. The Bertz CT molecular complexity index is 656. The second-order valence-corrected chi connectivity index (χ2v) is 5.73. The molecule has 1 unspecified atom stereocenters. The molecular weight excluding hydrogens is 269 g/mol. The number of benzene rings is 1. The Morgan fingerprint density at radius 3 is 2.43 bits per heavy atom. The Morgan fingerprint density at radius 2 is 1.90 bits per heavy atom. The fourth-order valence-corrected chi connectivity index (χ4v) is 2.63. The molecule has 1 amide bonds. The van der Waals surface area contributed by atoms with Crippen LogP contribution in [0.1, 0.15) is 42.9 Å². The summed E-state index contributed by atoms with van der Waals surface area (Å²) in [6, 6.07) is 9.78. The van der Waals surface area contributed by atoms with Crippen molar-refractivity contribution in [3.05, 3.63) is 59.3 Å². The van der Waals surface area contributed by atoms with Crippen LogP contribution in [0.5, 0.6) is 0 Å². The summed E-state index contributed by atoms with van der Waals surface area (Å²) in [6.45, 7) is 3.77. The van der Waals surface area contributed by atoms with Crippen LogP contribution in [0.15, 0.2) is 40.8 Å². The monoisotopic (exact) mass is 287 g/mol. The van der Waals surface area contributed by atoms with Crippen LogP contribution < -0.4 is 5.32 Å². The summed E-state index contributed by atoms with van der Waals surface area (Å²) in [4.78, 5) is 12.6. The predicted molar refractivity (Wildman–Crippen MR) is 77.3 cm³/mol. The van der Waals surface area contributed by atoms with Crippen LogP contribution in [0.3, 0.4) is 0 Å². The SMILES string of the molecule is Cc1ccc(C(C)NC(=O)C2(c3ccc(F)cc3)CC2)o1. The average Bonchev–Trinajstić information content (AvgIpc) is 3.16. The zero-order valence-electron chi connectivity index (χ0n) is 12.2. The molecular formula is C17H18FNO2. The number of halogens is 1. The van der Waals surface area contributed by atoms with E-state index in [1.807, 2.05) is 26.0 Å². The molecule has 1 aliphatic rings. The predicted octanol–water partition coefficient (Wildman–Crippen LogP) is 3.64. The van der Waals surface area contributed by atoms with Crippen molar-refractivity contribution in [2.24, 2.45) is 0 Å². The van der Waals surface area contributed by atoms with E-state index in [1.165, 1.54) is 12.1 Å². The van der Waals surface area contributed by atoms with Gasteiger partial charge >= 0.3 is 0 Å². The van der Waals surface area contributed by atoms with Crippen molar-refractivity contribution in [2.45, 2.75) is 38.1 Å². The molecule has 0 spiro atoms. The third-order valence-electron chi connectivity index (χ3n) is 4.12. The molecule has 1 saturated carbocycles. The van der Waals surface area contributed by atoms with Crippen molar-refractivity contribution in [3.63, 3.8) is 0 Å². The van der Waals surface area contributed by atoms with E-state index in [9.17, 15) is 9.18 Å². The number of furan rings is 1. The molecule has 1 atom stereocenters. The topological polar surface area (TPSA) is 42.2 Å². The molecule has 3 rings (SSSR count). The normalized spacial score (nSPS) is 17.3. The molecule has 0 aliphatic heterocycles. The van der Waals surface area contributed by atoms with Crippen LogP contribution in [0.2, 0.25) is 0 Å². The highest BCUT2D eigenvalue weighted by molar-refractivity contribution is 5.91. The van der Waals surface area contributed by atoms with E-state index in [4.69, 9.17) is 4.42 Å². The minimum Gasteiger partial charge on any atom is -0.464 e. The molecule has 1 aliphatic carbocycles. The van der Waals surface area contributed by atoms with Gasteiger partial charge in [-0.15, -0.1) is 0 Å². The first-order chi connectivity index (χ1) is 10.0. The summed E-state index contributed by atoms with van der Waals surface area (Å²) < 4.78 is 18.6.